The molecule has 0 atom stereocenters. The van der Waals surface area contributed by atoms with Crippen LogP contribution in [0.4, 0.5) is 0 Å². The molecule has 0 bridgehead atoms. The lowest BCUT2D eigenvalue weighted by molar-refractivity contribution is 0.398. The van der Waals surface area contributed by atoms with Gasteiger partial charge in [-0.3, -0.25) is 0 Å². The van der Waals surface area contributed by atoms with Crippen molar-refractivity contribution in [1.29, 1.82) is 0 Å². The van der Waals surface area contributed by atoms with Crippen LogP contribution in [0.5, 0.6) is 0 Å². The minimum Gasteiger partial charge on any atom is -0.207 e. The second-order valence-corrected chi connectivity index (χ2v) is 7.97. The summed E-state index contributed by atoms with van der Waals surface area (Å²) in [6, 6.07) is 14.8. The van der Waals surface area contributed by atoms with E-state index in [1.54, 1.807) is 29.4 Å². The Labute approximate surface area is 136 Å². The summed E-state index contributed by atoms with van der Waals surface area (Å²) in [4.78, 5) is 0.347. The Morgan fingerprint density at radius 2 is 1.82 bits per heavy atom. The van der Waals surface area contributed by atoms with Crippen LogP contribution in [0, 0.1) is 6.92 Å². The Bertz CT molecular complexity index is 771. The molecule has 0 N–H and O–H groups in total. The van der Waals surface area contributed by atoms with Gasteiger partial charge < -0.3 is 0 Å². The summed E-state index contributed by atoms with van der Waals surface area (Å²) in [5, 5.41) is 0.553. The Hall–Kier alpha value is -1.36. The molecule has 0 heterocycles. The van der Waals surface area contributed by atoms with Crippen molar-refractivity contribution in [1.82, 2.24) is 4.31 Å². The van der Waals surface area contributed by atoms with Crippen LogP contribution in [0.3, 0.4) is 0 Å². The van der Waals surface area contributed by atoms with E-state index < -0.39 is 10.0 Å². The van der Waals surface area contributed by atoms with Gasteiger partial charge in [-0.05, 0) is 49.1 Å². The molecule has 2 aromatic rings. The third-order valence-corrected chi connectivity index (χ3v) is 6.15. The Morgan fingerprint density at radius 1 is 1.14 bits per heavy atom. The number of hydrogen-bond acceptors (Lipinski definition) is 2. The van der Waals surface area contributed by atoms with Gasteiger partial charge in [0.25, 0.3) is 0 Å². The molecule has 1 saturated carbocycles. The molecule has 0 aromatic heterocycles. The number of hydrogen-bond donors (Lipinski definition) is 0. The molecule has 5 heteroatoms. The molecule has 0 aliphatic heterocycles. The highest BCUT2D eigenvalue weighted by molar-refractivity contribution is 7.89. The molecule has 116 valence electrons. The minimum absolute atomic E-state index is 0.111. The van der Waals surface area contributed by atoms with E-state index in [1.807, 2.05) is 30.3 Å². The van der Waals surface area contributed by atoms with E-state index in [9.17, 15) is 8.42 Å². The zero-order valence-corrected chi connectivity index (χ0v) is 13.9. The van der Waals surface area contributed by atoms with Gasteiger partial charge in [0.1, 0.15) is 0 Å². The third kappa shape index (κ3) is 3.19. The first-order valence-electron chi connectivity index (χ1n) is 7.30. The molecule has 0 spiro atoms. The fourth-order valence-electron chi connectivity index (χ4n) is 2.56. The van der Waals surface area contributed by atoms with Gasteiger partial charge in [-0.2, -0.15) is 4.31 Å². The molecular weight excluding hydrogens is 318 g/mol. The minimum atomic E-state index is -3.51. The summed E-state index contributed by atoms with van der Waals surface area (Å²) in [6.07, 6.45) is 1.86. The van der Waals surface area contributed by atoms with Gasteiger partial charge in [0.15, 0.2) is 0 Å². The number of halogens is 1. The Kier molecular flexibility index (Phi) is 4.26. The number of aryl methyl sites for hydroxylation is 1. The maximum absolute atomic E-state index is 13.0. The summed E-state index contributed by atoms with van der Waals surface area (Å²) < 4.78 is 27.7. The predicted molar refractivity (Wildman–Crippen MR) is 88.4 cm³/mol. The summed E-state index contributed by atoms with van der Waals surface area (Å²) in [6.45, 7) is 2.20. The van der Waals surface area contributed by atoms with Gasteiger partial charge in [0, 0.05) is 17.6 Å². The second kappa shape index (κ2) is 6.03. The van der Waals surface area contributed by atoms with Crippen molar-refractivity contribution in [2.75, 3.05) is 0 Å². The van der Waals surface area contributed by atoms with Gasteiger partial charge >= 0.3 is 0 Å². The van der Waals surface area contributed by atoms with Crippen LogP contribution in [-0.2, 0) is 16.6 Å². The second-order valence-electron chi connectivity index (χ2n) is 5.68. The maximum Gasteiger partial charge on any atom is 0.243 e. The van der Waals surface area contributed by atoms with E-state index >= 15 is 0 Å². The van der Waals surface area contributed by atoms with Gasteiger partial charge in [-0.1, -0.05) is 41.9 Å². The van der Waals surface area contributed by atoms with Crippen LogP contribution in [0.15, 0.2) is 53.4 Å². The summed E-state index contributed by atoms with van der Waals surface area (Å²) >= 11 is 5.94. The number of nitrogens with zero attached hydrogens (tertiary/aromatic N) is 1. The molecule has 3 nitrogen and oxygen atoms in total. The third-order valence-electron chi connectivity index (χ3n) is 3.86. The highest BCUT2D eigenvalue weighted by Gasteiger charge is 2.38. The first-order valence-corrected chi connectivity index (χ1v) is 9.12. The molecular formula is C17H18ClNO2S. The van der Waals surface area contributed by atoms with Crippen molar-refractivity contribution >= 4 is 21.6 Å². The van der Waals surface area contributed by atoms with Gasteiger partial charge in [0.05, 0.1) is 4.90 Å². The van der Waals surface area contributed by atoms with Gasteiger partial charge in [-0.15, -0.1) is 0 Å². The topological polar surface area (TPSA) is 37.4 Å². The zero-order chi connectivity index (χ0) is 15.7. The lowest BCUT2D eigenvalue weighted by atomic mass is 10.2. The lowest BCUT2D eigenvalue weighted by Crippen LogP contribution is -2.33. The smallest absolute Gasteiger partial charge is 0.207 e. The van der Waals surface area contributed by atoms with Crippen LogP contribution < -0.4 is 0 Å². The van der Waals surface area contributed by atoms with Crippen molar-refractivity contribution in [3.05, 3.63) is 64.7 Å². The average molecular weight is 336 g/mol. The first kappa shape index (κ1) is 15.5. The molecule has 0 amide bonds. The Balaban J connectivity index is 1.96. The van der Waals surface area contributed by atoms with E-state index in [0.29, 0.717) is 22.0 Å². The van der Waals surface area contributed by atoms with E-state index in [2.05, 4.69) is 0 Å². The molecule has 0 radical (unpaired) electrons. The summed E-state index contributed by atoms with van der Waals surface area (Å²) in [5.74, 6) is 0. The van der Waals surface area contributed by atoms with Crippen LogP contribution in [0.1, 0.15) is 24.0 Å². The summed E-state index contributed by atoms with van der Waals surface area (Å²) in [5.41, 5.74) is 1.69. The predicted octanol–water partition coefficient (Wildman–Crippen LogP) is 4.00. The molecule has 1 fully saturated rings. The normalized spacial score (nSPS) is 15.2. The molecule has 1 aliphatic carbocycles. The van der Waals surface area contributed by atoms with E-state index in [-0.39, 0.29) is 6.04 Å². The molecule has 1 aliphatic rings. The number of rotatable bonds is 5. The van der Waals surface area contributed by atoms with Crippen LogP contribution >= 0.6 is 11.6 Å². The standard InChI is InChI=1S/C17H18ClNO2S/c1-13-11-15(18)7-10-17(13)22(20,21)19(16-8-9-16)12-14-5-3-2-4-6-14/h2-7,10-11,16H,8-9,12H2,1H3. The van der Waals surface area contributed by atoms with E-state index in [0.717, 1.165) is 18.4 Å². The molecule has 0 saturated heterocycles. The molecule has 2 aromatic carbocycles. The monoisotopic (exact) mass is 335 g/mol. The molecule has 22 heavy (non-hydrogen) atoms. The zero-order valence-electron chi connectivity index (χ0n) is 12.4. The van der Waals surface area contributed by atoms with E-state index in [1.165, 1.54) is 0 Å². The van der Waals surface area contributed by atoms with Gasteiger partial charge in [-0.25, -0.2) is 8.42 Å². The van der Waals surface area contributed by atoms with Gasteiger partial charge in [0.2, 0.25) is 10.0 Å². The fourth-order valence-corrected chi connectivity index (χ4v) is 4.67. The van der Waals surface area contributed by atoms with Crippen molar-refractivity contribution in [2.24, 2.45) is 0 Å². The lowest BCUT2D eigenvalue weighted by Gasteiger charge is -2.23. The van der Waals surface area contributed by atoms with E-state index in [4.69, 9.17) is 11.6 Å². The first-order chi connectivity index (χ1) is 10.5. The number of sulfonamides is 1. The molecule has 0 unspecified atom stereocenters. The highest BCUT2D eigenvalue weighted by Crippen LogP contribution is 2.34. The van der Waals surface area contributed by atoms with Crippen molar-refractivity contribution in [3.8, 4) is 0 Å². The number of benzene rings is 2. The highest BCUT2D eigenvalue weighted by atomic mass is 35.5. The average Bonchev–Trinajstić information content (AvgIpc) is 3.29. The molecule has 3 rings (SSSR count). The largest absolute Gasteiger partial charge is 0.243 e. The maximum atomic E-state index is 13.0. The quantitative estimate of drug-likeness (QED) is 0.828. The Morgan fingerprint density at radius 3 is 2.41 bits per heavy atom. The SMILES string of the molecule is Cc1cc(Cl)ccc1S(=O)(=O)N(Cc1ccccc1)C1CC1. The van der Waals surface area contributed by atoms with Crippen LogP contribution in [0.25, 0.3) is 0 Å². The van der Waals surface area contributed by atoms with Crippen molar-refractivity contribution in [3.63, 3.8) is 0 Å². The van der Waals surface area contributed by atoms with Crippen molar-refractivity contribution < 1.29 is 8.42 Å². The summed E-state index contributed by atoms with van der Waals surface area (Å²) in [7, 11) is -3.51. The van der Waals surface area contributed by atoms with Crippen LogP contribution in [-0.4, -0.2) is 18.8 Å². The fraction of sp³-hybridized carbons (Fsp3) is 0.294. The van der Waals surface area contributed by atoms with Crippen LogP contribution in [0.2, 0.25) is 5.02 Å². The van der Waals surface area contributed by atoms with Crippen molar-refractivity contribution in [2.45, 2.75) is 37.2 Å².